The lowest BCUT2D eigenvalue weighted by molar-refractivity contribution is -0.124. The molecule has 1 aliphatic heterocycles. The third kappa shape index (κ3) is 4.76. The fourth-order valence-electron chi connectivity index (χ4n) is 2.64. The molecule has 25 heavy (non-hydrogen) atoms. The minimum absolute atomic E-state index is 0.119. The summed E-state index contributed by atoms with van der Waals surface area (Å²) in [7, 11) is 1.63. The van der Waals surface area contributed by atoms with E-state index in [1.54, 1.807) is 24.3 Å². The molecule has 6 heteroatoms. The zero-order chi connectivity index (χ0) is 18.2. The van der Waals surface area contributed by atoms with Crippen LogP contribution in [0.5, 0.6) is 0 Å². The van der Waals surface area contributed by atoms with Crippen LogP contribution in [0.1, 0.15) is 37.9 Å². The molecular formula is C19H26N4O2. The van der Waals surface area contributed by atoms with Crippen LogP contribution in [0.3, 0.4) is 0 Å². The van der Waals surface area contributed by atoms with Gasteiger partial charge in [0.1, 0.15) is 0 Å². The average molecular weight is 342 g/mol. The number of ether oxygens (including phenoxy) is 1. The minimum atomic E-state index is -0.119. The van der Waals surface area contributed by atoms with E-state index in [-0.39, 0.29) is 5.91 Å². The van der Waals surface area contributed by atoms with Crippen LogP contribution in [0.25, 0.3) is 5.57 Å². The normalized spacial score (nSPS) is 16.0. The number of carbonyl (C=O) groups is 1. The van der Waals surface area contributed by atoms with E-state index in [9.17, 15) is 4.79 Å². The first-order valence-electron chi connectivity index (χ1n) is 8.47. The lowest BCUT2D eigenvalue weighted by Gasteiger charge is -2.29. The van der Waals surface area contributed by atoms with Crippen LogP contribution in [0.4, 0.5) is 0 Å². The standard InChI is InChI=1S/C19H26N4O2/c1-4-8-21-18-12-23(9-7-14(18)2)19(24)16(10-20)17-6-5-15(11-22-17)13-25-3/h5-6,8,10-11H,4,7,9,12-13,20H2,1-3H3/b16-10+,21-8?. The van der Waals surface area contributed by atoms with Crippen LogP contribution >= 0.6 is 0 Å². The molecule has 1 aromatic heterocycles. The van der Waals surface area contributed by atoms with Gasteiger partial charge in [0.15, 0.2) is 0 Å². The van der Waals surface area contributed by atoms with E-state index in [4.69, 9.17) is 10.5 Å². The second-order valence-electron chi connectivity index (χ2n) is 5.99. The summed E-state index contributed by atoms with van der Waals surface area (Å²) < 4.78 is 5.08. The molecule has 0 bridgehead atoms. The number of methoxy groups -OCH3 is 1. The van der Waals surface area contributed by atoms with Gasteiger partial charge in [-0.05, 0) is 37.0 Å². The van der Waals surface area contributed by atoms with Crippen molar-refractivity contribution in [3.8, 4) is 0 Å². The molecule has 0 fully saturated rings. The van der Waals surface area contributed by atoms with Crippen molar-refractivity contribution in [3.63, 3.8) is 0 Å². The van der Waals surface area contributed by atoms with E-state index in [1.807, 2.05) is 19.2 Å². The predicted octanol–water partition coefficient (Wildman–Crippen LogP) is 2.51. The number of carbonyl (C=O) groups excluding carboxylic acids is 1. The van der Waals surface area contributed by atoms with Crippen molar-refractivity contribution >= 4 is 17.7 Å². The average Bonchev–Trinajstić information content (AvgIpc) is 2.63. The molecule has 6 nitrogen and oxygen atoms in total. The molecule has 2 heterocycles. The van der Waals surface area contributed by atoms with Crippen LogP contribution in [-0.2, 0) is 16.1 Å². The highest BCUT2D eigenvalue weighted by Crippen LogP contribution is 2.22. The van der Waals surface area contributed by atoms with Crippen LogP contribution in [0.2, 0.25) is 0 Å². The molecule has 1 amide bonds. The highest BCUT2D eigenvalue weighted by atomic mass is 16.5. The van der Waals surface area contributed by atoms with Crippen molar-refractivity contribution in [2.24, 2.45) is 10.7 Å². The third-order valence-corrected chi connectivity index (χ3v) is 4.12. The smallest absolute Gasteiger partial charge is 0.257 e. The Balaban J connectivity index is 2.16. The number of nitrogens with two attached hydrogens (primary N) is 1. The van der Waals surface area contributed by atoms with E-state index in [2.05, 4.69) is 16.9 Å². The maximum atomic E-state index is 12.9. The first kappa shape index (κ1) is 18.9. The summed E-state index contributed by atoms with van der Waals surface area (Å²) in [6, 6.07) is 3.69. The summed E-state index contributed by atoms with van der Waals surface area (Å²) in [6.07, 6.45) is 6.60. The summed E-state index contributed by atoms with van der Waals surface area (Å²) in [5, 5.41) is 0. The van der Waals surface area contributed by atoms with E-state index in [0.29, 0.717) is 31.0 Å². The molecule has 0 aromatic carbocycles. The Morgan fingerprint density at radius 1 is 1.48 bits per heavy atom. The molecule has 0 saturated carbocycles. The molecule has 0 radical (unpaired) electrons. The largest absolute Gasteiger partial charge is 0.404 e. The van der Waals surface area contributed by atoms with Crippen LogP contribution in [0.15, 0.2) is 40.8 Å². The first-order chi connectivity index (χ1) is 12.1. The van der Waals surface area contributed by atoms with Crippen LogP contribution < -0.4 is 5.73 Å². The summed E-state index contributed by atoms with van der Waals surface area (Å²) in [5.74, 6) is -0.119. The summed E-state index contributed by atoms with van der Waals surface area (Å²) in [6.45, 7) is 5.76. The van der Waals surface area contributed by atoms with Gasteiger partial charge in [0.05, 0.1) is 30.1 Å². The Hall–Kier alpha value is -2.47. The topological polar surface area (TPSA) is 80.8 Å². The van der Waals surface area contributed by atoms with E-state index in [1.165, 1.54) is 11.8 Å². The maximum absolute atomic E-state index is 12.9. The van der Waals surface area contributed by atoms with Gasteiger partial charge in [-0.15, -0.1) is 0 Å². The van der Waals surface area contributed by atoms with Crippen molar-refractivity contribution in [2.45, 2.75) is 33.3 Å². The van der Waals surface area contributed by atoms with Crippen molar-refractivity contribution < 1.29 is 9.53 Å². The highest BCUT2D eigenvalue weighted by molar-refractivity contribution is 6.18. The van der Waals surface area contributed by atoms with Crippen molar-refractivity contribution in [1.82, 2.24) is 9.88 Å². The first-order valence-corrected chi connectivity index (χ1v) is 8.47. The Morgan fingerprint density at radius 2 is 2.28 bits per heavy atom. The molecule has 0 saturated heterocycles. The molecular weight excluding hydrogens is 316 g/mol. The summed E-state index contributed by atoms with van der Waals surface area (Å²) >= 11 is 0. The fraction of sp³-hybridized carbons (Fsp3) is 0.421. The molecule has 2 rings (SSSR count). The van der Waals surface area contributed by atoms with Crippen molar-refractivity contribution in [2.75, 3.05) is 20.2 Å². The van der Waals surface area contributed by atoms with Gasteiger partial charge in [0.25, 0.3) is 5.91 Å². The lowest BCUT2D eigenvalue weighted by Crippen LogP contribution is -2.37. The van der Waals surface area contributed by atoms with E-state index >= 15 is 0 Å². The monoisotopic (exact) mass is 342 g/mol. The fourth-order valence-corrected chi connectivity index (χ4v) is 2.64. The van der Waals surface area contributed by atoms with Crippen LogP contribution in [-0.4, -0.2) is 42.2 Å². The summed E-state index contributed by atoms with van der Waals surface area (Å²) in [5.41, 5.74) is 9.84. The van der Waals surface area contributed by atoms with Gasteiger partial charge in [-0.3, -0.25) is 14.8 Å². The van der Waals surface area contributed by atoms with Crippen molar-refractivity contribution in [1.29, 1.82) is 0 Å². The van der Waals surface area contributed by atoms with E-state index < -0.39 is 0 Å². The molecule has 1 aliphatic rings. The van der Waals surface area contributed by atoms with Crippen molar-refractivity contribution in [3.05, 3.63) is 47.1 Å². The number of pyridine rings is 1. The number of rotatable bonds is 6. The maximum Gasteiger partial charge on any atom is 0.257 e. The number of aromatic nitrogens is 1. The van der Waals surface area contributed by atoms with Crippen LogP contribution in [0, 0.1) is 0 Å². The van der Waals surface area contributed by atoms with Gasteiger partial charge in [0, 0.05) is 32.3 Å². The molecule has 0 aliphatic carbocycles. The van der Waals surface area contributed by atoms with E-state index in [0.717, 1.165) is 24.1 Å². The molecule has 0 spiro atoms. The number of aliphatic imine (C=N–C) groups is 1. The number of hydrogen-bond donors (Lipinski definition) is 1. The highest BCUT2D eigenvalue weighted by Gasteiger charge is 2.24. The third-order valence-electron chi connectivity index (χ3n) is 4.12. The van der Waals surface area contributed by atoms with Gasteiger partial charge in [0.2, 0.25) is 0 Å². The molecule has 2 N–H and O–H groups in total. The Morgan fingerprint density at radius 3 is 2.88 bits per heavy atom. The zero-order valence-corrected chi connectivity index (χ0v) is 15.2. The SMILES string of the molecule is CCC=NC1=C(C)CCN(C(=O)/C(=C/N)c2ccc(COC)cn2)C1. The Labute approximate surface area is 149 Å². The Bertz CT molecular complexity index is 690. The Kier molecular flexibility index (Phi) is 6.89. The van der Waals surface area contributed by atoms with Gasteiger partial charge in [-0.2, -0.15) is 0 Å². The van der Waals surface area contributed by atoms with Gasteiger partial charge in [-0.25, -0.2) is 0 Å². The molecule has 0 unspecified atom stereocenters. The van der Waals surface area contributed by atoms with Gasteiger partial charge >= 0.3 is 0 Å². The number of amides is 1. The molecule has 1 aromatic rings. The number of nitrogens with zero attached hydrogens (tertiary/aromatic N) is 3. The summed E-state index contributed by atoms with van der Waals surface area (Å²) in [4.78, 5) is 23.5. The predicted molar refractivity (Wildman–Crippen MR) is 99.8 cm³/mol. The second kappa shape index (κ2) is 9.13. The quantitative estimate of drug-likeness (QED) is 0.636. The zero-order valence-electron chi connectivity index (χ0n) is 15.2. The minimum Gasteiger partial charge on any atom is -0.404 e. The molecule has 134 valence electrons. The van der Waals surface area contributed by atoms with Gasteiger partial charge in [-0.1, -0.05) is 13.0 Å². The lowest BCUT2D eigenvalue weighted by atomic mass is 10.0. The van der Waals surface area contributed by atoms with Gasteiger partial charge < -0.3 is 15.4 Å². The number of hydrogen-bond acceptors (Lipinski definition) is 5. The molecule has 0 atom stereocenters. The second-order valence-corrected chi connectivity index (χ2v) is 5.99.